The van der Waals surface area contributed by atoms with Crippen molar-refractivity contribution < 1.29 is 18.1 Å². The third-order valence-corrected chi connectivity index (χ3v) is 2.99. The van der Waals surface area contributed by atoms with Crippen LogP contribution in [0.3, 0.4) is 0 Å². The Bertz CT molecular complexity index is 816. The molecule has 2 aromatic heterocycles. The molecule has 0 bridgehead atoms. The fourth-order valence-corrected chi connectivity index (χ4v) is 1.89. The normalized spacial score (nSPS) is 10.5. The predicted molar refractivity (Wildman–Crippen MR) is 75.1 cm³/mol. The Balaban J connectivity index is 1.72. The van der Waals surface area contributed by atoms with E-state index in [1.165, 1.54) is 18.5 Å². The minimum Gasteiger partial charge on any atom is -0.345 e. The lowest BCUT2D eigenvalue weighted by Gasteiger charge is -2.01. The van der Waals surface area contributed by atoms with Gasteiger partial charge in [0.2, 0.25) is 0 Å². The van der Waals surface area contributed by atoms with Crippen LogP contribution in [0.25, 0.3) is 11.5 Å². The van der Waals surface area contributed by atoms with Crippen LogP contribution in [0, 0.1) is 11.6 Å². The lowest BCUT2D eigenvalue weighted by atomic mass is 10.2. The van der Waals surface area contributed by atoms with E-state index in [0.29, 0.717) is 5.56 Å². The number of carbonyl (C=O) groups is 1. The topological polar surface area (TPSA) is 80.9 Å². The molecule has 0 fully saturated rings. The van der Waals surface area contributed by atoms with Gasteiger partial charge in [-0.25, -0.2) is 8.78 Å². The summed E-state index contributed by atoms with van der Waals surface area (Å²) in [6, 6.07) is 6.51. The van der Waals surface area contributed by atoms with Gasteiger partial charge in [-0.1, -0.05) is 11.2 Å². The van der Waals surface area contributed by atoms with Crippen molar-refractivity contribution in [2.75, 3.05) is 0 Å². The molecule has 0 aliphatic carbocycles. The average molecular weight is 316 g/mol. The molecule has 0 saturated heterocycles. The summed E-state index contributed by atoms with van der Waals surface area (Å²) < 4.78 is 32.1. The maximum atomic E-state index is 13.6. The first-order valence-electron chi connectivity index (χ1n) is 6.60. The molecular formula is C15H10F2N4O2. The number of carbonyl (C=O) groups excluding carboxylic acids is 1. The molecule has 0 atom stereocenters. The second-order valence-electron chi connectivity index (χ2n) is 4.53. The van der Waals surface area contributed by atoms with Crippen LogP contribution >= 0.6 is 0 Å². The maximum absolute atomic E-state index is 13.6. The van der Waals surface area contributed by atoms with Gasteiger partial charge in [0.1, 0.15) is 17.2 Å². The zero-order valence-corrected chi connectivity index (χ0v) is 11.7. The first-order chi connectivity index (χ1) is 11.1. The number of aromatic nitrogens is 3. The zero-order chi connectivity index (χ0) is 16.2. The van der Waals surface area contributed by atoms with Crippen LogP contribution in [0.15, 0.2) is 47.2 Å². The molecule has 116 valence electrons. The van der Waals surface area contributed by atoms with Crippen LogP contribution in [-0.4, -0.2) is 21.0 Å². The highest BCUT2D eigenvalue weighted by molar-refractivity contribution is 5.93. The van der Waals surface area contributed by atoms with E-state index in [9.17, 15) is 13.6 Å². The second kappa shape index (κ2) is 6.30. The van der Waals surface area contributed by atoms with Gasteiger partial charge in [0, 0.05) is 18.0 Å². The van der Waals surface area contributed by atoms with Gasteiger partial charge < -0.3 is 9.84 Å². The fourth-order valence-electron chi connectivity index (χ4n) is 1.89. The standard InChI is InChI=1S/C15H10F2N4O2/c16-10-2-1-3-11(17)13(10)15-20-12(21-23-15)8-19-14(22)9-4-6-18-7-5-9/h1-7H,8H2,(H,19,22). The third-order valence-electron chi connectivity index (χ3n) is 2.99. The number of nitrogens with one attached hydrogen (secondary N) is 1. The molecule has 6 nitrogen and oxygen atoms in total. The number of hydrogen-bond acceptors (Lipinski definition) is 5. The van der Waals surface area contributed by atoms with E-state index in [1.54, 1.807) is 12.1 Å². The lowest BCUT2D eigenvalue weighted by Crippen LogP contribution is -2.23. The minimum atomic E-state index is -0.805. The van der Waals surface area contributed by atoms with Gasteiger partial charge in [0.05, 0.1) is 6.54 Å². The van der Waals surface area contributed by atoms with Crippen molar-refractivity contribution in [3.63, 3.8) is 0 Å². The van der Waals surface area contributed by atoms with Gasteiger partial charge in [-0.15, -0.1) is 0 Å². The third kappa shape index (κ3) is 3.20. The smallest absolute Gasteiger partial charge is 0.263 e. The van der Waals surface area contributed by atoms with Gasteiger partial charge in [0.15, 0.2) is 5.82 Å². The summed E-state index contributed by atoms with van der Waals surface area (Å²) in [5, 5.41) is 6.16. The molecule has 2 heterocycles. The van der Waals surface area contributed by atoms with E-state index in [-0.39, 0.29) is 24.2 Å². The van der Waals surface area contributed by atoms with E-state index in [1.807, 2.05) is 0 Å². The second-order valence-corrected chi connectivity index (χ2v) is 4.53. The summed E-state index contributed by atoms with van der Waals surface area (Å²) >= 11 is 0. The summed E-state index contributed by atoms with van der Waals surface area (Å²) in [6.45, 7) is -0.0409. The molecule has 0 radical (unpaired) electrons. The summed E-state index contributed by atoms with van der Waals surface area (Å²) in [6.07, 6.45) is 2.98. The van der Waals surface area contributed by atoms with Gasteiger partial charge in [-0.05, 0) is 24.3 Å². The first-order valence-corrected chi connectivity index (χ1v) is 6.60. The fraction of sp³-hybridized carbons (Fsp3) is 0.0667. The molecule has 23 heavy (non-hydrogen) atoms. The van der Waals surface area contributed by atoms with Gasteiger partial charge in [-0.3, -0.25) is 9.78 Å². The molecule has 0 aliphatic rings. The molecule has 0 spiro atoms. The average Bonchev–Trinajstić information content (AvgIpc) is 3.02. The Labute approximate surface area is 129 Å². The van der Waals surface area contributed by atoms with Crippen LogP contribution in [0.4, 0.5) is 8.78 Å². The SMILES string of the molecule is O=C(NCc1noc(-c2c(F)cccc2F)n1)c1ccncc1. The summed E-state index contributed by atoms with van der Waals surface area (Å²) in [4.78, 5) is 19.5. The van der Waals surface area contributed by atoms with Crippen molar-refractivity contribution in [1.29, 1.82) is 0 Å². The predicted octanol–water partition coefficient (Wildman–Crippen LogP) is 2.34. The highest BCUT2D eigenvalue weighted by Gasteiger charge is 2.18. The van der Waals surface area contributed by atoms with Gasteiger partial charge in [0.25, 0.3) is 11.8 Å². The molecule has 0 aliphatic heterocycles. The molecule has 3 aromatic rings. The molecule has 1 amide bonds. The maximum Gasteiger partial charge on any atom is 0.263 e. The monoisotopic (exact) mass is 316 g/mol. The number of amides is 1. The highest BCUT2D eigenvalue weighted by Crippen LogP contribution is 2.24. The van der Waals surface area contributed by atoms with Crippen molar-refractivity contribution in [2.45, 2.75) is 6.54 Å². The van der Waals surface area contributed by atoms with Crippen LogP contribution in [0.5, 0.6) is 0 Å². The quantitative estimate of drug-likeness (QED) is 0.799. The molecule has 1 N–H and O–H groups in total. The zero-order valence-electron chi connectivity index (χ0n) is 11.7. The molecule has 0 saturated carbocycles. The van der Waals surface area contributed by atoms with Crippen molar-refractivity contribution in [2.24, 2.45) is 0 Å². The van der Waals surface area contributed by atoms with Crippen LogP contribution in [-0.2, 0) is 6.54 Å². The summed E-state index contributed by atoms with van der Waals surface area (Å²) in [5.74, 6) is -2.14. The number of rotatable bonds is 4. The van der Waals surface area contributed by atoms with Gasteiger partial charge >= 0.3 is 0 Å². The van der Waals surface area contributed by atoms with Crippen LogP contribution in [0.2, 0.25) is 0 Å². The first kappa shape index (κ1) is 14.8. The Morgan fingerprint density at radius 2 is 1.83 bits per heavy atom. The van der Waals surface area contributed by atoms with E-state index in [4.69, 9.17) is 4.52 Å². The number of nitrogens with zero attached hydrogens (tertiary/aromatic N) is 3. The van der Waals surface area contributed by atoms with Crippen molar-refractivity contribution in [3.05, 3.63) is 65.7 Å². The van der Waals surface area contributed by atoms with Gasteiger partial charge in [-0.2, -0.15) is 4.98 Å². The number of benzene rings is 1. The van der Waals surface area contributed by atoms with Crippen LogP contribution < -0.4 is 5.32 Å². The largest absolute Gasteiger partial charge is 0.345 e. The Morgan fingerprint density at radius 3 is 2.52 bits per heavy atom. The van der Waals surface area contributed by atoms with Crippen molar-refractivity contribution in [1.82, 2.24) is 20.4 Å². The Hall–Kier alpha value is -3.16. The molecule has 0 unspecified atom stereocenters. The number of halogens is 2. The van der Waals surface area contributed by atoms with E-state index in [0.717, 1.165) is 12.1 Å². The number of hydrogen-bond donors (Lipinski definition) is 1. The summed E-state index contributed by atoms with van der Waals surface area (Å²) in [5.41, 5.74) is 0.0237. The Morgan fingerprint density at radius 1 is 1.13 bits per heavy atom. The lowest BCUT2D eigenvalue weighted by molar-refractivity contribution is 0.0949. The van der Waals surface area contributed by atoms with E-state index < -0.39 is 17.2 Å². The van der Waals surface area contributed by atoms with Crippen LogP contribution in [0.1, 0.15) is 16.2 Å². The molecule has 8 heteroatoms. The van der Waals surface area contributed by atoms with E-state index >= 15 is 0 Å². The molecule has 1 aromatic carbocycles. The van der Waals surface area contributed by atoms with Crippen molar-refractivity contribution >= 4 is 5.91 Å². The van der Waals surface area contributed by atoms with E-state index in [2.05, 4.69) is 20.4 Å². The highest BCUT2D eigenvalue weighted by atomic mass is 19.1. The molecule has 3 rings (SSSR count). The molecular weight excluding hydrogens is 306 g/mol. The number of pyridine rings is 1. The summed E-state index contributed by atoms with van der Waals surface area (Å²) in [7, 11) is 0. The Kier molecular flexibility index (Phi) is 4.05. The minimum absolute atomic E-state index is 0.0409. The van der Waals surface area contributed by atoms with Crippen molar-refractivity contribution in [3.8, 4) is 11.5 Å².